The minimum Gasteiger partial charge on any atom is -0.382 e. The van der Waals surface area contributed by atoms with E-state index in [-0.39, 0.29) is 23.6 Å². The van der Waals surface area contributed by atoms with Crippen LogP contribution in [0.25, 0.3) is 11.2 Å². The lowest BCUT2D eigenvalue weighted by Gasteiger charge is -2.27. The maximum absolute atomic E-state index is 10.8. The summed E-state index contributed by atoms with van der Waals surface area (Å²) in [6, 6.07) is 0. The third-order valence-corrected chi connectivity index (χ3v) is 3.85. The summed E-state index contributed by atoms with van der Waals surface area (Å²) in [6.07, 6.45) is -1.38. The number of aliphatic hydroxyl groups is 2. The van der Waals surface area contributed by atoms with Crippen molar-refractivity contribution in [1.29, 1.82) is 0 Å². The average Bonchev–Trinajstić information content (AvgIpc) is 3.01. The van der Waals surface area contributed by atoms with Gasteiger partial charge in [-0.1, -0.05) is 0 Å². The van der Waals surface area contributed by atoms with E-state index in [1.165, 1.54) is 0 Å². The summed E-state index contributed by atoms with van der Waals surface area (Å²) in [5.41, 5.74) is 5.97. The van der Waals surface area contributed by atoms with Crippen molar-refractivity contribution >= 4 is 24.6 Å². The van der Waals surface area contributed by atoms with Crippen LogP contribution in [0, 0.1) is 0 Å². The third-order valence-electron chi connectivity index (χ3n) is 3.36. The molecule has 2 aromatic rings. The van der Waals surface area contributed by atoms with E-state index in [0.29, 0.717) is 0 Å². The number of nitrogens with zero attached hydrogens (tertiary/aromatic N) is 4. The quantitative estimate of drug-likeness (QED) is 0.382. The van der Waals surface area contributed by atoms with Gasteiger partial charge in [-0.25, -0.2) is 15.0 Å². The van der Waals surface area contributed by atoms with Crippen LogP contribution in [0.15, 0.2) is 12.7 Å². The Morgan fingerprint density at radius 1 is 1.48 bits per heavy atom. The molecule has 0 bridgehead atoms. The fraction of sp³-hybridized carbons (Fsp3) is 0.500. The Morgan fingerprint density at radius 3 is 2.91 bits per heavy atom. The molecule has 0 spiro atoms. The lowest BCUT2D eigenvalue weighted by molar-refractivity contribution is -0.274. The highest BCUT2D eigenvalue weighted by Gasteiger charge is 2.52. The van der Waals surface area contributed by atoms with Crippen molar-refractivity contribution < 1.29 is 34.0 Å². The first-order valence-electron chi connectivity index (χ1n) is 6.37. The van der Waals surface area contributed by atoms with Gasteiger partial charge in [-0.3, -0.25) is 9.13 Å². The first-order chi connectivity index (χ1) is 10.7. The maximum Gasteiger partial charge on any atom is 0.350 e. The number of anilines is 1. The summed E-state index contributed by atoms with van der Waals surface area (Å²) in [5, 5.41) is 20.8. The molecule has 0 aliphatic carbocycles. The average molecular weight is 347 g/mol. The van der Waals surface area contributed by atoms with Crippen molar-refractivity contribution in [3.8, 4) is 0 Å². The molecule has 126 valence electrons. The number of hydrogen-bond acceptors (Lipinski definition) is 9. The van der Waals surface area contributed by atoms with E-state index in [1.807, 2.05) is 0 Å². The van der Waals surface area contributed by atoms with Crippen molar-refractivity contribution in [3.63, 3.8) is 0 Å². The van der Waals surface area contributed by atoms with Crippen molar-refractivity contribution in [2.45, 2.75) is 18.1 Å². The van der Waals surface area contributed by atoms with Crippen molar-refractivity contribution in [2.75, 3.05) is 18.7 Å². The third kappa shape index (κ3) is 2.81. The zero-order valence-corrected chi connectivity index (χ0v) is 12.4. The van der Waals surface area contributed by atoms with Gasteiger partial charge in [0.1, 0.15) is 30.6 Å². The highest BCUT2D eigenvalue weighted by molar-refractivity contribution is 7.51. The second-order valence-corrected chi connectivity index (χ2v) is 6.55. The van der Waals surface area contributed by atoms with E-state index in [1.54, 1.807) is 0 Å². The molecule has 3 heterocycles. The van der Waals surface area contributed by atoms with Crippen LogP contribution in [0.5, 0.6) is 0 Å². The van der Waals surface area contributed by atoms with Gasteiger partial charge in [0, 0.05) is 0 Å². The van der Waals surface area contributed by atoms with Crippen molar-refractivity contribution in [1.82, 2.24) is 19.5 Å². The lowest BCUT2D eigenvalue weighted by Crippen LogP contribution is -2.46. The largest absolute Gasteiger partial charge is 0.382 e. The van der Waals surface area contributed by atoms with Gasteiger partial charge in [0.05, 0.1) is 6.61 Å². The Kier molecular flexibility index (Phi) is 3.84. The molecule has 0 amide bonds. The lowest BCUT2D eigenvalue weighted by atomic mass is 10.2. The Labute approximate surface area is 128 Å². The number of nitrogens with two attached hydrogens (primary N) is 1. The van der Waals surface area contributed by atoms with E-state index >= 15 is 0 Å². The summed E-state index contributed by atoms with van der Waals surface area (Å²) in [5.74, 6) is -2.19. The monoisotopic (exact) mass is 347 g/mol. The SMILES string of the molecule is Nc1ncnc2c1ncn2[C@]1(O)OC[C@@H](OCP(=O)(O)O)[C@@H]1O. The predicted octanol–water partition coefficient (Wildman–Crippen LogP) is -2.08. The van der Waals surface area contributed by atoms with Gasteiger partial charge in [0.2, 0.25) is 0 Å². The highest BCUT2D eigenvalue weighted by atomic mass is 31.2. The second kappa shape index (κ2) is 5.46. The van der Waals surface area contributed by atoms with Crippen LogP contribution in [-0.2, 0) is 19.9 Å². The molecule has 0 radical (unpaired) electrons. The van der Waals surface area contributed by atoms with Crippen LogP contribution in [0.1, 0.15) is 0 Å². The van der Waals surface area contributed by atoms with Gasteiger partial charge < -0.3 is 35.2 Å². The molecule has 13 heteroatoms. The first kappa shape index (κ1) is 16.2. The van der Waals surface area contributed by atoms with E-state index in [4.69, 9.17) is 25.0 Å². The van der Waals surface area contributed by atoms with Gasteiger partial charge in [0.25, 0.3) is 5.91 Å². The summed E-state index contributed by atoms with van der Waals surface area (Å²) >= 11 is 0. The Balaban J connectivity index is 1.90. The molecule has 1 aliphatic heterocycles. The molecule has 1 saturated heterocycles. The number of nitrogen functional groups attached to an aromatic ring is 1. The van der Waals surface area contributed by atoms with Crippen LogP contribution >= 0.6 is 7.60 Å². The zero-order valence-electron chi connectivity index (χ0n) is 11.6. The van der Waals surface area contributed by atoms with Gasteiger partial charge in [-0.2, -0.15) is 0 Å². The van der Waals surface area contributed by atoms with E-state index in [2.05, 4.69) is 15.0 Å². The number of aliphatic hydroxyl groups excluding tert-OH is 1. The molecule has 6 N–H and O–H groups in total. The van der Waals surface area contributed by atoms with Gasteiger partial charge in [-0.15, -0.1) is 0 Å². The number of fused-ring (bicyclic) bond motifs is 1. The molecule has 23 heavy (non-hydrogen) atoms. The van der Waals surface area contributed by atoms with Crippen LogP contribution in [0.2, 0.25) is 0 Å². The number of ether oxygens (including phenoxy) is 2. The molecular weight excluding hydrogens is 333 g/mol. The van der Waals surface area contributed by atoms with E-state index in [0.717, 1.165) is 17.2 Å². The predicted molar refractivity (Wildman–Crippen MR) is 73.7 cm³/mol. The van der Waals surface area contributed by atoms with Crippen LogP contribution in [-0.4, -0.2) is 64.7 Å². The van der Waals surface area contributed by atoms with E-state index < -0.39 is 32.1 Å². The fourth-order valence-corrected chi connectivity index (χ4v) is 2.64. The summed E-state index contributed by atoms with van der Waals surface area (Å²) < 4.78 is 22.0. The number of hydrogen-bond donors (Lipinski definition) is 5. The summed E-state index contributed by atoms with van der Waals surface area (Å²) in [7, 11) is -4.42. The molecule has 3 rings (SSSR count). The molecule has 1 aliphatic rings. The molecule has 0 unspecified atom stereocenters. The Bertz CT molecular complexity index is 778. The molecule has 0 saturated carbocycles. The minimum atomic E-state index is -4.42. The molecule has 2 aromatic heterocycles. The summed E-state index contributed by atoms with van der Waals surface area (Å²) in [4.78, 5) is 29.2. The topological polar surface area (TPSA) is 186 Å². The van der Waals surface area contributed by atoms with Gasteiger partial charge >= 0.3 is 7.60 Å². The Hall–Kier alpha value is -1.66. The minimum absolute atomic E-state index is 0.0825. The first-order valence-corrected chi connectivity index (χ1v) is 8.17. The molecular formula is C10H14N5O7P. The number of aromatic nitrogens is 4. The van der Waals surface area contributed by atoms with Crippen molar-refractivity contribution in [2.24, 2.45) is 0 Å². The molecule has 0 aromatic carbocycles. The highest BCUT2D eigenvalue weighted by Crippen LogP contribution is 2.38. The maximum atomic E-state index is 10.8. The van der Waals surface area contributed by atoms with Crippen LogP contribution in [0.3, 0.4) is 0 Å². The number of rotatable bonds is 4. The zero-order chi connectivity index (χ0) is 16.8. The summed E-state index contributed by atoms with van der Waals surface area (Å²) in [6.45, 7) is -0.294. The number of imidazole rings is 1. The Morgan fingerprint density at radius 2 is 2.22 bits per heavy atom. The standard InChI is InChI=1S/C10H14N5O7P/c11-8-6-9(13-2-12-8)15(3-14-6)10(17)7(16)5(1-22-10)21-4-23(18,19)20/h2-3,5,7,16-17H,1,4H2,(H2,11,12,13)(H2,18,19,20)/t5-,7+,10-/m1/s1. The molecule has 1 fully saturated rings. The fourth-order valence-electron chi connectivity index (χ4n) is 2.25. The van der Waals surface area contributed by atoms with Crippen molar-refractivity contribution in [3.05, 3.63) is 12.7 Å². The molecule has 3 atom stereocenters. The van der Waals surface area contributed by atoms with E-state index in [9.17, 15) is 14.8 Å². The van der Waals surface area contributed by atoms with Gasteiger partial charge in [-0.05, 0) is 0 Å². The van der Waals surface area contributed by atoms with Crippen LogP contribution in [0.4, 0.5) is 5.82 Å². The van der Waals surface area contributed by atoms with Gasteiger partial charge in [0.15, 0.2) is 17.6 Å². The smallest absolute Gasteiger partial charge is 0.350 e. The second-order valence-electron chi connectivity index (χ2n) is 4.96. The normalized spacial score (nSPS) is 28.5. The molecule has 12 nitrogen and oxygen atoms in total. The van der Waals surface area contributed by atoms with Crippen LogP contribution < -0.4 is 5.73 Å².